The van der Waals surface area contributed by atoms with Gasteiger partial charge in [0.1, 0.15) is 12.4 Å². The third kappa shape index (κ3) is 2.79. The zero-order valence-corrected chi connectivity index (χ0v) is 12.2. The molecule has 2 aromatic rings. The lowest BCUT2D eigenvalue weighted by atomic mass is 10.2. The van der Waals surface area contributed by atoms with Crippen LogP contribution in [0.2, 0.25) is 0 Å². The molecule has 1 heterocycles. The molecule has 0 aromatic heterocycles. The summed E-state index contributed by atoms with van der Waals surface area (Å²) in [4.78, 5) is 25.5. The highest BCUT2D eigenvalue weighted by molar-refractivity contribution is 6.05. The normalized spacial score (nSPS) is 13.0. The van der Waals surface area contributed by atoms with Gasteiger partial charge in [0.2, 0.25) is 5.91 Å². The number of fused-ring (bicyclic) bond motifs is 1. The Morgan fingerprint density at radius 3 is 2.64 bits per heavy atom. The van der Waals surface area contributed by atoms with E-state index in [2.05, 4.69) is 5.32 Å². The third-order valence-electron chi connectivity index (χ3n) is 3.50. The number of carbonyl (C=O) groups excluding carboxylic acids is 2. The van der Waals surface area contributed by atoms with Gasteiger partial charge in [0.25, 0.3) is 5.91 Å². The Morgan fingerprint density at radius 1 is 1.14 bits per heavy atom. The Kier molecular flexibility index (Phi) is 3.78. The van der Waals surface area contributed by atoms with E-state index in [0.29, 0.717) is 35.8 Å². The van der Waals surface area contributed by atoms with Crippen molar-refractivity contribution in [2.45, 2.75) is 6.92 Å². The van der Waals surface area contributed by atoms with E-state index in [1.807, 2.05) is 18.2 Å². The summed E-state index contributed by atoms with van der Waals surface area (Å²) in [6.07, 6.45) is 0. The number of anilines is 2. The standard InChI is InChI=1S/C17H16N2O3/c1-12(20)19-9-10-22-16-8-7-14(11-15(16)19)18-17(21)13-5-3-2-4-6-13/h2-8,11H,9-10H2,1H3,(H,18,21). The fourth-order valence-electron chi connectivity index (χ4n) is 2.42. The summed E-state index contributed by atoms with van der Waals surface area (Å²) in [5.74, 6) is 0.418. The lowest BCUT2D eigenvalue weighted by Crippen LogP contribution is -2.36. The van der Waals surface area contributed by atoms with Crippen molar-refractivity contribution in [3.8, 4) is 5.75 Å². The highest BCUT2D eigenvalue weighted by atomic mass is 16.5. The van der Waals surface area contributed by atoms with Crippen LogP contribution < -0.4 is 15.0 Å². The van der Waals surface area contributed by atoms with Crippen molar-refractivity contribution in [3.05, 3.63) is 54.1 Å². The molecular weight excluding hydrogens is 280 g/mol. The summed E-state index contributed by atoms with van der Waals surface area (Å²) in [7, 11) is 0. The average molecular weight is 296 g/mol. The first kappa shape index (κ1) is 14.1. The predicted molar refractivity (Wildman–Crippen MR) is 84.4 cm³/mol. The molecule has 1 N–H and O–H groups in total. The van der Waals surface area contributed by atoms with E-state index in [-0.39, 0.29) is 11.8 Å². The van der Waals surface area contributed by atoms with Gasteiger partial charge in [0.15, 0.2) is 0 Å². The molecule has 3 rings (SSSR count). The quantitative estimate of drug-likeness (QED) is 0.927. The molecule has 0 fully saturated rings. The van der Waals surface area contributed by atoms with Crippen molar-refractivity contribution in [2.75, 3.05) is 23.4 Å². The van der Waals surface area contributed by atoms with Crippen LogP contribution in [-0.4, -0.2) is 25.0 Å². The van der Waals surface area contributed by atoms with Gasteiger partial charge >= 0.3 is 0 Å². The van der Waals surface area contributed by atoms with Crippen molar-refractivity contribution in [1.29, 1.82) is 0 Å². The Balaban J connectivity index is 1.85. The second kappa shape index (κ2) is 5.89. The SMILES string of the molecule is CC(=O)N1CCOc2ccc(NC(=O)c3ccccc3)cc21. The molecular formula is C17H16N2O3. The number of benzene rings is 2. The van der Waals surface area contributed by atoms with Crippen LogP contribution in [0.3, 0.4) is 0 Å². The zero-order valence-electron chi connectivity index (χ0n) is 12.2. The van der Waals surface area contributed by atoms with Crippen LogP contribution in [-0.2, 0) is 4.79 Å². The molecule has 5 nitrogen and oxygen atoms in total. The van der Waals surface area contributed by atoms with Gasteiger partial charge in [-0.3, -0.25) is 9.59 Å². The molecule has 2 amide bonds. The number of carbonyl (C=O) groups is 2. The maximum atomic E-state index is 12.2. The second-order valence-corrected chi connectivity index (χ2v) is 5.02. The van der Waals surface area contributed by atoms with Crippen LogP contribution in [0.1, 0.15) is 17.3 Å². The minimum absolute atomic E-state index is 0.0453. The maximum absolute atomic E-state index is 12.2. The van der Waals surface area contributed by atoms with E-state index in [4.69, 9.17) is 4.74 Å². The summed E-state index contributed by atoms with van der Waals surface area (Å²) in [6.45, 7) is 2.51. The van der Waals surface area contributed by atoms with Gasteiger partial charge in [-0.1, -0.05) is 18.2 Å². The summed E-state index contributed by atoms with van der Waals surface area (Å²) < 4.78 is 5.54. The van der Waals surface area contributed by atoms with E-state index < -0.39 is 0 Å². The fourth-order valence-corrected chi connectivity index (χ4v) is 2.42. The van der Waals surface area contributed by atoms with Gasteiger partial charge in [-0.2, -0.15) is 0 Å². The molecule has 5 heteroatoms. The van der Waals surface area contributed by atoms with Crippen molar-refractivity contribution < 1.29 is 14.3 Å². The molecule has 0 bridgehead atoms. The van der Waals surface area contributed by atoms with Crippen LogP contribution in [0.4, 0.5) is 11.4 Å². The highest BCUT2D eigenvalue weighted by Gasteiger charge is 2.21. The van der Waals surface area contributed by atoms with Gasteiger partial charge < -0.3 is 15.0 Å². The Labute approximate surface area is 128 Å². The van der Waals surface area contributed by atoms with Crippen LogP contribution in [0.15, 0.2) is 48.5 Å². The summed E-state index contributed by atoms with van der Waals surface area (Å²) in [6, 6.07) is 14.3. The van der Waals surface area contributed by atoms with Crippen LogP contribution in [0, 0.1) is 0 Å². The number of ether oxygens (including phenoxy) is 1. The minimum Gasteiger partial charge on any atom is -0.490 e. The van der Waals surface area contributed by atoms with E-state index in [0.717, 1.165) is 0 Å². The van der Waals surface area contributed by atoms with Crippen LogP contribution in [0.25, 0.3) is 0 Å². The molecule has 2 aromatic carbocycles. The first-order chi connectivity index (χ1) is 10.6. The number of hydrogen-bond donors (Lipinski definition) is 1. The third-order valence-corrected chi connectivity index (χ3v) is 3.50. The molecule has 22 heavy (non-hydrogen) atoms. The molecule has 112 valence electrons. The number of hydrogen-bond acceptors (Lipinski definition) is 3. The number of amides is 2. The summed E-state index contributed by atoms with van der Waals surface area (Å²) in [5.41, 5.74) is 1.90. The predicted octanol–water partition coefficient (Wildman–Crippen LogP) is 2.68. The topological polar surface area (TPSA) is 58.6 Å². The first-order valence-electron chi connectivity index (χ1n) is 7.06. The van der Waals surface area contributed by atoms with E-state index in [1.165, 1.54) is 6.92 Å². The van der Waals surface area contributed by atoms with Gasteiger partial charge in [-0.05, 0) is 30.3 Å². The Hall–Kier alpha value is -2.82. The molecule has 0 spiro atoms. The van der Waals surface area contributed by atoms with Crippen molar-refractivity contribution in [3.63, 3.8) is 0 Å². The molecule has 0 aliphatic carbocycles. The molecule has 0 radical (unpaired) electrons. The largest absolute Gasteiger partial charge is 0.490 e. The lowest BCUT2D eigenvalue weighted by molar-refractivity contribution is -0.116. The number of nitrogens with one attached hydrogen (secondary N) is 1. The molecule has 0 saturated carbocycles. The number of rotatable bonds is 2. The van der Waals surface area contributed by atoms with Gasteiger partial charge in [-0.15, -0.1) is 0 Å². The molecule has 0 saturated heterocycles. The Bertz CT molecular complexity index is 713. The van der Waals surface area contributed by atoms with Gasteiger partial charge in [0, 0.05) is 18.2 Å². The average Bonchev–Trinajstić information content (AvgIpc) is 2.55. The van der Waals surface area contributed by atoms with E-state index in [9.17, 15) is 9.59 Å². The smallest absolute Gasteiger partial charge is 0.255 e. The molecule has 1 aliphatic heterocycles. The highest BCUT2D eigenvalue weighted by Crippen LogP contribution is 2.34. The maximum Gasteiger partial charge on any atom is 0.255 e. The van der Waals surface area contributed by atoms with Crippen LogP contribution in [0.5, 0.6) is 5.75 Å². The van der Waals surface area contributed by atoms with Crippen LogP contribution >= 0.6 is 0 Å². The molecule has 0 unspecified atom stereocenters. The van der Waals surface area contributed by atoms with Crippen molar-refractivity contribution in [2.24, 2.45) is 0 Å². The second-order valence-electron chi connectivity index (χ2n) is 5.02. The monoisotopic (exact) mass is 296 g/mol. The van der Waals surface area contributed by atoms with E-state index in [1.54, 1.807) is 35.2 Å². The lowest BCUT2D eigenvalue weighted by Gasteiger charge is -2.29. The minimum atomic E-state index is -0.188. The van der Waals surface area contributed by atoms with Crippen molar-refractivity contribution >= 4 is 23.2 Å². The molecule has 0 atom stereocenters. The first-order valence-corrected chi connectivity index (χ1v) is 7.06. The number of nitrogens with zero attached hydrogens (tertiary/aromatic N) is 1. The van der Waals surface area contributed by atoms with Crippen molar-refractivity contribution in [1.82, 2.24) is 0 Å². The fraction of sp³-hybridized carbons (Fsp3) is 0.176. The van der Waals surface area contributed by atoms with E-state index >= 15 is 0 Å². The summed E-state index contributed by atoms with van der Waals surface area (Å²) >= 11 is 0. The Morgan fingerprint density at radius 2 is 1.91 bits per heavy atom. The van der Waals surface area contributed by atoms with Gasteiger partial charge in [0.05, 0.1) is 12.2 Å². The summed E-state index contributed by atoms with van der Waals surface area (Å²) in [5, 5.41) is 2.84. The zero-order chi connectivity index (χ0) is 15.5. The van der Waals surface area contributed by atoms with Gasteiger partial charge in [-0.25, -0.2) is 0 Å². The molecule has 1 aliphatic rings.